The molecule has 0 aliphatic carbocycles. The molecule has 0 aromatic carbocycles. The lowest BCUT2D eigenvalue weighted by Crippen LogP contribution is -2.32. The Bertz CT molecular complexity index is 1040. The molecule has 8 nitrogen and oxygen atoms in total. The first-order valence-corrected chi connectivity index (χ1v) is 10.2. The molecule has 1 aliphatic heterocycles. The van der Waals surface area contributed by atoms with E-state index in [1.165, 1.54) is 0 Å². The molecule has 1 atom stereocenters. The van der Waals surface area contributed by atoms with Crippen molar-refractivity contribution in [3.63, 3.8) is 0 Å². The third-order valence-corrected chi connectivity index (χ3v) is 6.20. The van der Waals surface area contributed by atoms with Gasteiger partial charge in [0, 0.05) is 25.2 Å². The van der Waals surface area contributed by atoms with Crippen LogP contribution in [-0.4, -0.2) is 47.0 Å². The summed E-state index contributed by atoms with van der Waals surface area (Å²) in [6.45, 7) is 0.407. The monoisotopic (exact) mass is 374 g/mol. The maximum Gasteiger partial charge on any atom is 0.224 e. The minimum atomic E-state index is -3.05. The second kappa shape index (κ2) is 6.56. The highest BCUT2D eigenvalue weighted by Gasteiger charge is 2.32. The van der Waals surface area contributed by atoms with Gasteiger partial charge < -0.3 is 9.73 Å². The molecule has 1 N–H and O–H groups in total. The largest absolute Gasteiger partial charge is 0.463 e. The van der Waals surface area contributed by atoms with Gasteiger partial charge in [0.1, 0.15) is 5.69 Å². The average Bonchev–Trinajstić information content (AvgIpc) is 3.32. The average molecular weight is 374 g/mol. The number of carbonyl (C=O) groups is 1. The van der Waals surface area contributed by atoms with E-state index in [1.807, 2.05) is 24.4 Å². The van der Waals surface area contributed by atoms with Crippen molar-refractivity contribution in [3.8, 4) is 11.5 Å². The molecule has 0 bridgehead atoms. The highest BCUT2D eigenvalue weighted by atomic mass is 32.2. The van der Waals surface area contributed by atoms with Crippen LogP contribution in [0.3, 0.4) is 0 Å². The van der Waals surface area contributed by atoms with Crippen molar-refractivity contribution >= 4 is 21.4 Å². The van der Waals surface area contributed by atoms with Crippen LogP contribution in [0.1, 0.15) is 12.1 Å². The van der Waals surface area contributed by atoms with Crippen molar-refractivity contribution in [3.05, 3.63) is 42.4 Å². The minimum absolute atomic E-state index is 0.0489. The Morgan fingerprint density at radius 2 is 2.27 bits per heavy atom. The third-order valence-electron chi connectivity index (χ3n) is 4.43. The molecular formula is C17H18N4O4S. The van der Waals surface area contributed by atoms with Gasteiger partial charge in [0.2, 0.25) is 5.91 Å². The van der Waals surface area contributed by atoms with E-state index in [2.05, 4.69) is 15.4 Å². The molecule has 136 valence electrons. The molecule has 4 rings (SSSR count). The van der Waals surface area contributed by atoms with Gasteiger partial charge in [0.15, 0.2) is 21.2 Å². The van der Waals surface area contributed by atoms with Gasteiger partial charge in [-0.05, 0) is 24.6 Å². The van der Waals surface area contributed by atoms with Gasteiger partial charge in [-0.25, -0.2) is 17.9 Å². The summed E-state index contributed by atoms with van der Waals surface area (Å²) in [5, 5.41) is 7.23. The highest BCUT2D eigenvalue weighted by molar-refractivity contribution is 7.91. The van der Waals surface area contributed by atoms with Gasteiger partial charge >= 0.3 is 0 Å². The van der Waals surface area contributed by atoms with E-state index in [4.69, 9.17) is 4.42 Å². The highest BCUT2D eigenvalue weighted by Crippen LogP contribution is 2.19. The Labute approximate surface area is 150 Å². The Kier molecular flexibility index (Phi) is 4.23. The summed E-state index contributed by atoms with van der Waals surface area (Å²) in [5.41, 5.74) is 2.22. The predicted octanol–water partition coefficient (Wildman–Crippen LogP) is 1.08. The molecule has 1 fully saturated rings. The fraction of sp³-hybridized carbons (Fsp3) is 0.353. The first kappa shape index (κ1) is 16.8. The molecule has 1 amide bonds. The fourth-order valence-electron chi connectivity index (χ4n) is 3.07. The molecule has 0 saturated carbocycles. The van der Waals surface area contributed by atoms with Crippen LogP contribution in [0.5, 0.6) is 0 Å². The fourth-order valence-corrected chi connectivity index (χ4v) is 4.81. The topological polar surface area (TPSA) is 107 Å². The van der Waals surface area contributed by atoms with Gasteiger partial charge in [-0.3, -0.25) is 4.79 Å². The minimum Gasteiger partial charge on any atom is -0.463 e. The van der Waals surface area contributed by atoms with E-state index in [0.29, 0.717) is 30.8 Å². The molecule has 3 aromatic heterocycles. The van der Waals surface area contributed by atoms with Crippen LogP contribution in [0.4, 0.5) is 0 Å². The van der Waals surface area contributed by atoms with E-state index >= 15 is 0 Å². The van der Waals surface area contributed by atoms with Crippen molar-refractivity contribution in [1.29, 1.82) is 0 Å². The lowest BCUT2D eigenvalue weighted by molar-refractivity contribution is -0.124. The van der Waals surface area contributed by atoms with Crippen LogP contribution in [-0.2, 0) is 21.1 Å². The Balaban J connectivity index is 1.38. The van der Waals surface area contributed by atoms with Gasteiger partial charge in [0.25, 0.3) is 0 Å². The van der Waals surface area contributed by atoms with Crippen molar-refractivity contribution < 1.29 is 17.6 Å². The molecule has 0 unspecified atom stereocenters. The van der Waals surface area contributed by atoms with Crippen molar-refractivity contribution in [2.75, 3.05) is 18.1 Å². The molecule has 1 saturated heterocycles. The molecular weight excluding hydrogens is 356 g/mol. The van der Waals surface area contributed by atoms with Crippen LogP contribution >= 0.6 is 0 Å². The maximum atomic E-state index is 12.0. The number of carbonyl (C=O) groups excluding carboxylic acids is 1. The zero-order valence-corrected chi connectivity index (χ0v) is 14.8. The molecule has 4 heterocycles. The van der Waals surface area contributed by atoms with E-state index in [-0.39, 0.29) is 17.4 Å². The van der Waals surface area contributed by atoms with Crippen LogP contribution in [0.25, 0.3) is 17.1 Å². The quantitative estimate of drug-likeness (QED) is 0.716. The van der Waals surface area contributed by atoms with E-state index < -0.39 is 15.8 Å². The summed E-state index contributed by atoms with van der Waals surface area (Å²) >= 11 is 0. The summed E-state index contributed by atoms with van der Waals surface area (Å²) in [7, 11) is -3.05. The molecule has 1 aliphatic rings. The van der Waals surface area contributed by atoms with E-state index in [0.717, 1.165) is 11.4 Å². The summed E-state index contributed by atoms with van der Waals surface area (Å²) in [5.74, 6) is 0.106. The molecule has 9 heteroatoms. The number of amides is 1. The maximum absolute atomic E-state index is 12.0. The zero-order chi connectivity index (χ0) is 18.1. The van der Waals surface area contributed by atoms with Crippen molar-refractivity contribution in [2.45, 2.75) is 12.8 Å². The number of fused-ring (bicyclic) bond motifs is 1. The summed E-state index contributed by atoms with van der Waals surface area (Å²) in [6, 6.07) is 7.33. The van der Waals surface area contributed by atoms with Crippen LogP contribution in [0.15, 0.2) is 41.1 Å². The molecule has 3 aromatic rings. The summed E-state index contributed by atoms with van der Waals surface area (Å²) in [4.78, 5) is 16.6. The van der Waals surface area contributed by atoms with Crippen LogP contribution in [0.2, 0.25) is 0 Å². The van der Waals surface area contributed by atoms with Gasteiger partial charge in [0.05, 0.1) is 29.4 Å². The summed E-state index contributed by atoms with van der Waals surface area (Å²) in [6.07, 6.45) is 4.36. The van der Waals surface area contributed by atoms with Gasteiger partial charge in [-0.1, -0.05) is 0 Å². The zero-order valence-electron chi connectivity index (χ0n) is 14.0. The molecule has 26 heavy (non-hydrogen) atoms. The number of hydrogen-bond donors (Lipinski definition) is 1. The second-order valence-corrected chi connectivity index (χ2v) is 8.60. The van der Waals surface area contributed by atoms with Crippen LogP contribution in [0, 0.1) is 5.92 Å². The van der Waals surface area contributed by atoms with Gasteiger partial charge in [-0.15, -0.1) is 0 Å². The van der Waals surface area contributed by atoms with Crippen molar-refractivity contribution in [1.82, 2.24) is 19.9 Å². The standard InChI is InChI=1S/C17H18N4O4S/c22-17(12-5-9-26(23,24)11-12)18-6-3-13-10-16-19-14(4-7-21(16)20-13)15-2-1-8-25-15/h1-2,4,7-8,10,12H,3,5-6,9,11H2,(H,18,22)/t12-/m0/s1. The lowest BCUT2D eigenvalue weighted by Gasteiger charge is -2.08. The third kappa shape index (κ3) is 3.48. The van der Waals surface area contributed by atoms with E-state index in [1.54, 1.807) is 16.8 Å². The number of nitrogens with zero attached hydrogens (tertiary/aromatic N) is 3. The number of rotatable bonds is 5. The first-order chi connectivity index (χ1) is 12.5. The number of hydrogen-bond acceptors (Lipinski definition) is 6. The lowest BCUT2D eigenvalue weighted by atomic mass is 10.1. The Morgan fingerprint density at radius 1 is 1.38 bits per heavy atom. The second-order valence-electron chi connectivity index (χ2n) is 6.37. The predicted molar refractivity (Wildman–Crippen MR) is 94.2 cm³/mol. The Hall–Kier alpha value is -2.68. The van der Waals surface area contributed by atoms with E-state index in [9.17, 15) is 13.2 Å². The smallest absolute Gasteiger partial charge is 0.224 e. The Morgan fingerprint density at radius 3 is 3.00 bits per heavy atom. The number of nitrogens with one attached hydrogen (secondary N) is 1. The molecule has 0 spiro atoms. The van der Waals surface area contributed by atoms with Gasteiger partial charge in [-0.2, -0.15) is 5.10 Å². The summed E-state index contributed by atoms with van der Waals surface area (Å²) < 4.78 is 29.9. The number of sulfone groups is 1. The number of aromatic nitrogens is 3. The van der Waals surface area contributed by atoms with Crippen LogP contribution < -0.4 is 5.32 Å². The van der Waals surface area contributed by atoms with Crippen molar-refractivity contribution in [2.24, 2.45) is 5.92 Å². The molecule has 0 radical (unpaired) electrons. The number of furan rings is 1. The normalized spacial score (nSPS) is 19.0. The first-order valence-electron chi connectivity index (χ1n) is 8.37. The SMILES string of the molecule is O=C(NCCc1cc2nc(-c3ccco3)ccn2n1)[C@H]1CCS(=O)(=O)C1.